The summed E-state index contributed by atoms with van der Waals surface area (Å²) in [5.41, 5.74) is 2.44. The Hall–Kier alpha value is -3.05. The topological polar surface area (TPSA) is 95.2 Å². The fraction of sp³-hybridized carbons (Fsp3) is 0.450. The van der Waals surface area contributed by atoms with Crippen molar-refractivity contribution in [1.82, 2.24) is 20.0 Å². The zero-order chi connectivity index (χ0) is 19.5. The summed E-state index contributed by atoms with van der Waals surface area (Å²) in [6, 6.07) is 5.61. The molecule has 2 fully saturated rings. The van der Waals surface area contributed by atoms with Crippen molar-refractivity contribution in [1.29, 1.82) is 5.26 Å². The zero-order valence-electron chi connectivity index (χ0n) is 15.8. The Bertz CT molecular complexity index is 904. The number of nitriles is 1. The Kier molecular flexibility index (Phi) is 5.17. The molecule has 28 heavy (non-hydrogen) atoms. The van der Waals surface area contributed by atoms with Gasteiger partial charge < -0.3 is 4.90 Å². The van der Waals surface area contributed by atoms with E-state index in [0.717, 1.165) is 17.5 Å². The third kappa shape index (κ3) is 3.66. The highest BCUT2D eigenvalue weighted by atomic mass is 16.7. The van der Waals surface area contributed by atoms with Crippen molar-refractivity contribution in [3.05, 3.63) is 47.5 Å². The van der Waals surface area contributed by atoms with Crippen LogP contribution in [0.5, 0.6) is 0 Å². The summed E-state index contributed by atoms with van der Waals surface area (Å²) in [4.78, 5) is 33.6. The highest BCUT2D eigenvalue weighted by Crippen LogP contribution is 2.33. The molecule has 4 heterocycles. The van der Waals surface area contributed by atoms with E-state index in [9.17, 15) is 4.79 Å². The molecule has 0 aromatic carbocycles. The first-order chi connectivity index (χ1) is 13.7. The Morgan fingerprint density at radius 1 is 1.29 bits per heavy atom. The van der Waals surface area contributed by atoms with Crippen LogP contribution in [0.3, 0.4) is 0 Å². The molecule has 1 atom stereocenters. The Morgan fingerprint density at radius 2 is 2.11 bits per heavy atom. The molecule has 144 valence electrons. The predicted octanol–water partition coefficient (Wildman–Crippen LogP) is 2.17. The molecular formula is C20H22N6O2. The van der Waals surface area contributed by atoms with Gasteiger partial charge in [-0.3, -0.25) is 14.6 Å². The summed E-state index contributed by atoms with van der Waals surface area (Å²) in [6.07, 6.45) is 7.41. The minimum absolute atomic E-state index is 0.0374. The molecule has 2 aliphatic heterocycles. The quantitative estimate of drug-likeness (QED) is 0.808. The lowest BCUT2D eigenvalue weighted by Gasteiger charge is -2.34. The van der Waals surface area contributed by atoms with Gasteiger partial charge in [-0.2, -0.15) is 5.26 Å². The molecule has 2 aromatic rings. The second-order valence-electron chi connectivity index (χ2n) is 7.21. The van der Waals surface area contributed by atoms with E-state index in [2.05, 4.69) is 21.0 Å². The number of hydroxylamine groups is 2. The van der Waals surface area contributed by atoms with Crippen molar-refractivity contribution < 1.29 is 9.63 Å². The number of pyridine rings is 1. The normalized spacial score (nSPS) is 20.2. The third-order valence-electron chi connectivity index (χ3n) is 5.29. The molecule has 2 aromatic heterocycles. The van der Waals surface area contributed by atoms with Crippen LogP contribution in [0.25, 0.3) is 0 Å². The summed E-state index contributed by atoms with van der Waals surface area (Å²) < 4.78 is 0. The molecule has 0 spiro atoms. The number of aryl methyl sites for hydroxylation is 1. The smallest absolute Gasteiger partial charge is 0.249 e. The van der Waals surface area contributed by atoms with E-state index in [0.29, 0.717) is 44.2 Å². The van der Waals surface area contributed by atoms with Crippen LogP contribution in [0.15, 0.2) is 30.7 Å². The van der Waals surface area contributed by atoms with E-state index in [-0.39, 0.29) is 17.9 Å². The number of hydrogen-bond acceptors (Lipinski definition) is 7. The van der Waals surface area contributed by atoms with Gasteiger partial charge in [0.15, 0.2) is 0 Å². The van der Waals surface area contributed by atoms with Gasteiger partial charge in [0.25, 0.3) is 0 Å². The van der Waals surface area contributed by atoms with Gasteiger partial charge in [-0.05, 0) is 37.0 Å². The van der Waals surface area contributed by atoms with Crippen LogP contribution in [-0.2, 0) is 9.63 Å². The number of hydrogen-bond donors (Lipinski definition) is 0. The number of carbonyl (C=O) groups excluding carboxylic acids is 1. The van der Waals surface area contributed by atoms with Crippen LogP contribution in [-0.4, -0.2) is 45.6 Å². The SMILES string of the molecule is Cc1cncc([C@@H]2CCON2C(=O)C2CCN(c3nccc(C#N)n3)CC2)c1. The minimum Gasteiger partial charge on any atom is -0.341 e. The van der Waals surface area contributed by atoms with Gasteiger partial charge >= 0.3 is 0 Å². The van der Waals surface area contributed by atoms with Crippen LogP contribution >= 0.6 is 0 Å². The Morgan fingerprint density at radius 3 is 2.86 bits per heavy atom. The largest absolute Gasteiger partial charge is 0.341 e. The van der Waals surface area contributed by atoms with Gasteiger partial charge in [-0.15, -0.1) is 0 Å². The minimum atomic E-state index is -0.0891. The highest BCUT2D eigenvalue weighted by Gasteiger charge is 2.37. The van der Waals surface area contributed by atoms with Crippen molar-refractivity contribution in [2.75, 3.05) is 24.6 Å². The maximum atomic E-state index is 13.1. The molecule has 0 N–H and O–H groups in total. The molecule has 2 aliphatic rings. The maximum Gasteiger partial charge on any atom is 0.249 e. The van der Waals surface area contributed by atoms with Gasteiger partial charge in [0, 0.05) is 44.0 Å². The molecule has 0 aliphatic carbocycles. The zero-order valence-corrected chi connectivity index (χ0v) is 15.8. The van der Waals surface area contributed by atoms with Crippen LogP contribution < -0.4 is 4.90 Å². The molecule has 1 amide bonds. The van der Waals surface area contributed by atoms with Crippen LogP contribution in [0.4, 0.5) is 5.95 Å². The lowest BCUT2D eigenvalue weighted by Crippen LogP contribution is -2.42. The van der Waals surface area contributed by atoms with Crippen molar-refractivity contribution in [2.24, 2.45) is 5.92 Å². The van der Waals surface area contributed by atoms with Crippen LogP contribution in [0.1, 0.15) is 42.1 Å². The van der Waals surface area contributed by atoms with E-state index < -0.39 is 0 Å². The van der Waals surface area contributed by atoms with Crippen molar-refractivity contribution in [3.63, 3.8) is 0 Å². The van der Waals surface area contributed by atoms with E-state index in [4.69, 9.17) is 10.1 Å². The molecule has 0 unspecified atom stereocenters. The summed E-state index contributed by atoms with van der Waals surface area (Å²) in [6.45, 7) is 3.89. The first-order valence-electron chi connectivity index (χ1n) is 9.51. The number of amides is 1. The molecular weight excluding hydrogens is 356 g/mol. The monoisotopic (exact) mass is 378 g/mol. The average molecular weight is 378 g/mol. The number of anilines is 1. The summed E-state index contributed by atoms with van der Waals surface area (Å²) in [5.74, 6) is 0.496. The molecule has 8 heteroatoms. The third-order valence-corrected chi connectivity index (χ3v) is 5.29. The molecule has 0 radical (unpaired) electrons. The summed E-state index contributed by atoms with van der Waals surface area (Å²) >= 11 is 0. The molecule has 8 nitrogen and oxygen atoms in total. The lowest BCUT2D eigenvalue weighted by atomic mass is 9.95. The number of aromatic nitrogens is 3. The first kappa shape index (κ1) is 18.3. The second-order valence-corrected chi connectivity index (χ2v) is 7.21. The van der Waals surface area contributed by atoms with Crippen LogP contribution in [0, 0.1) is 24.2 Å². The molecule has 4 rings (SSSR count). The number of carbonyl (C=O) groups is 1. The molecule has 0 saturated carbocycles. The molecule has 0 bridgehead atoms. The highest BCUT2D eigenvalue weighted by molar-refractivity contribution is 5.79. The number of piperidine rings is 1. The predicted molar refractivity (Wildman–Crippen MR) is 101 cm³/mol. The Balaban J connectivity index is 1.41. The van der Waals surface area contributed by atoms with Gasteiger partial charge in [-0.1, -0.05) is 6.07 Å². The fourth-order valence-corrected chi connectivity index (χ4v) is 3.82. The molecule has 2 saturated heterocycles. The van der Waals surface area contributed by atoms with E-state index in [1.807, 2.05) is 30.3 Å². The van der Waals surface area contributed by atoms with Crippen LogP contribution in [0.2, 0.25) is 0 Å². The van der Waals surface area contributed by atoms with Crippen molar-refractivity contribution >= 4 is 11.9 Å². The maximum absolute atomic E-state index is 13.1. The fourth-order valence-electron chi connectivity index (χ4n) is 3.82. The van der Waals surface area contributed by atoms with E-state index in [1.54, 1.807) is 17.3 Å². The van der Waals surface area contributed by atoms with Gasteiger partial charge in [-0.25, -0.2) is 15.0 Å². The van der Waals surface area contributed by atoms with E-state index in [1.165, 1.54) is 0 Å². The second kappa shape index (κ2) is 7.90. The first-order valence-corrected chi connectivity index (χ1v) is 9.51. The summed E-state index contributed by atoms with van der Waals surface area (Å²) in [7, 11) is 0. The average Bonchev–Trinajstić information content (AvgIpc) is 3.23. The number of nitrogens with zero attached hydrogens (tertiary/aromatic N) is 6. The van der Waals surface area contributed by atoms with Gasteiger partial charge in [0.2, 0.25) is 11.9 Å². The number of rotatable bonds is 3. The van der Waals surface area contributed by atoms with Gasteiger partial charge in [0.1, 0.15) is 11.8 Å². The lowest BCUT2D eigenvalue weighted by molar-refractivity contribution is -0.182. The van der Waals surface area contributed by atoms with Crippen molar-refractivity contribution in [3.8, 4) is 6.07 Å². The van der Waals surface area contributed by atoms with E-state index >= 15 is 0 Å². The Labute approximate surface area is 163 Å². The summed E-state index contributed by atoms with van der Waals surface area (Å²) in [5, 5.41) is 10.6. The standard InChI is InChI=1S/C20H22N6O2/c1-14-10-16(13-22-12-14)18-5-9-28-26(18)19(27)15-3-7-25(8-4-15)20-23-6-2-17(11-21)24-20/h2,6,10,12-13,15,18H,3-5,7-9H2,1H3/t18-/m0/s1. The van der Waals surface area contributed by atoms with Crippen molar-refractivity contribution in [2.45, 2.75) is 32.2 Å². The van der Waals surface area contributed by atoms with Gasteiger partial charge in [0.05, 0.1) is 12.6 Å².